The van der Waals surface area contributed by atoms with Gasteiger partial charge >= 0.3 is 6.36 Å². The number of hydrogen-bond donors (Lipinski definition) is 0. The first-order chi connectivity index (χ1) is 10.5. The Labute approximate surface area is 130 Å². The van der Waals surface area contributed by atoms with Crippen LogP contribution in [0.25, 0.3) is 0 Å². The van der Waals surface area contributed by atoms with Crippen molar-refractivity contribution in [2.24, 2.45) is 0 Å². The molecule has 1 aromatic rings. The van der Waals surface area contributed by atoms with Crippen molar-refractivity contribution in [1.29, 1.82) is 0 Å². The molecular weight excluding hydrogens is 359 g/mol. The van der Waals surface area contributed by atoms with Gasteiger partial charge < -0.3 is 4.74 Å². The summed E-state index contributed by atoms with van der Waals surface area (Å²) in [6, 6.07) is 3.23. The molecule has 2 aliphatic heterocycles. The van der Waals surface area contributed by atoms with Gasteiger partial charge in [-0.05, 0) is 30.7 Å². The van der Waals surface area contributed by atoms with E-state index in [0.29, 0.717) is 0 Å². The molecule has 0 spiro atoms. The maximum absolute atomic E-state index is 12.5. The predicted octanol–water partition coefficient (Wildman–Crippen LogP) is 1.15. The Morgan fingerprint density at radius 2 is 1.78 bits per heavy atom. The molecule has 2 unspecified atom stereocenters. The molecule has 2 aliphatic rings. The fraction of sp³-hybridized carbons (Fsp3) is 0.500. The average molecular weight is 371 g/mol. The number of hydrogen-bond acceptors (Lipinski definition) is 5. The Kier molecular flexibility index (Phi) is 3.65. The van der Waals surface area contributed by atoms with Crippen molar-refractivity contribution in [2.75, 3.05) is 12.3 Å². The van der Waals surface area contributed by atoms with E-state index in [-0.39, 0.29) is 23.6 Å². The van der Waals surface area contributed by atoms with E-state index in [2.05, 4.69) is 4.74 Å². The van der Waals surface area contributed by atoms with E-state index in [0.717, 1.165) is 28.6 Å². The van der Waals surface area contributed by atoms with Crippen molar-refractivity contribution in [3.05, 3.63) is 24.3 Å². The summed E-state index contributed by atoms with van der Waals surface area (Å²) >= 11 is 0. The summed E-state index contributed by atoms with van der Waals surface area (Å²) in [6.45, 7) is -0.115. The summed E-state index contributed by atoms with van der Waals surface area (Å²) in [7, 11) is -7.19. The third kappa shape index (κ3) is 3.04. The van der Waals surface area contributed by atoms with Gasteiger partial charge in [-0.15, -0.1) is 13.2 Å². The van der Waals surface area contributed by atoms with Crippen LogP contribution in [0.4, 0.5) is 13.2 Å². The standard InChI is InChI=1S/C12H12F3NO5S2/c13-12(14,15)21-9-1-3-10(4-2-9)23(19,20)16-6-11-5-8(16)7-22(11,17)18/h1-4,8,11H,5-7H2. The van der Waals surface area contributed by atoms with Crippen LogP contribution in [0, 0.1) is 0 Å². The van der Waals surface area contributed by atoms with Crippen molar-refractivity contribution in [1.82, 2.24) is 4.31 Å². The van der Waals surface area contributed by atoms with Crippen LogP contribution in [-0.4, -0.2) is 51.1 Å². The van der Waals surface area contributed by atoms with Gasteiger partial charge in [0.25, 0.3) is 0 Å². The van der Waals surface area contributed by atoms with Crippen LogP contribution in [0.5, 0.6) is 5.75 Å². The van der Waals surface area contributed by atoms with Gasteiger partial charge in [0.1, 0.15) is 5.75 Å². The molecule has 0 N–H and O–H groups in total. The van der Waals surface area contributed by atoms with Gasteiger partial charge in [0.2, 0.25) is 10.0 Å². The third-order valence-electron chi connectivity index (χ3n) is 3.92. The molecular formula is C12H12F3NO5S2. The molecule has 23 heavy (non-hydrogen) atoms. The van der Waals surface area contributed by atoms with Crippen LogP contribution >= 0.6 is 0 Å². The fourth-order valence-corrected chi connectivity index (χ4v) is 6.80. The van der Waals surface area contributed by atoms with E-state index < -0.39 is 43.3 Å². The first kappa shape index (κ1) is 16.5. The summed E-state index contributed by atoms with van der Waals surface area (Å²) in [4.78, 5) is -0.197. The van der Waals surface area contributed by atoms with Crippen LogP contribution in [0.15, 0.2) is 29.2 Å². The summed E-state index contributed by atoms with van der Waals surface area (Å²) in [6.07, 6.45) is -4.60. The van der Waals surface area contributed by atoms with Gasteiger partial charge in [0, 0.05) is 12.6 Å². The lowest BCUT2D eigenvalue weighted by Gasteiger charge is -2.26. The minimum Gasteiger partial charge on any atom is -0.406 e. The van der Waals surface area contributed by atoms with Crippen LogP contribution in [0.3, 0.4) is 0 Å². The number of sulfonamides is 1. The average Bonchev–Trinajstić information content (AvgIpc) is 2.93. The second kappa shape index (κ2) is 5.08. The molecule has 2 atom stereocenters. The molecule has 6 nitrogen and oxygen atoms in total. The maximum atomic E-state index is 12.5. The zero-order chi connectivity index (χ0) is 17.0. The topological polar surface area (TPSA) is 80.8 Å². The molecule has 0 aromatic heterocycles. The minimum absolute atomic E-state index is 0.115. The monoisotopic (exact) mass is 371 g/mol. The van der Waals surface area contributed by atoms with Gasteiger partial charge in [-0.2, -0.15) is 4.31 Å². The van der Waals surface area contributed by atoms with E-state index in [1.165, 1.54) is 0 Å². The molecule has 2 saturated heterocycles. The molecule has 1 aromatic carbocycles. The first-order valence-corrected chi connectivity index (χ1v) is 9.74. The highest BCUT2D eigenvalue weighted by molar-refractivity contribution is 7.93. The van der Waals surface area contributed by atoms with Crippen molar-refractivity contribution < 1.29 is 34.7 Å². The number of alkyl halides is 3. The van der Waals surface area contributed by atoms with Crippen molar-refractivity contribution in [3.63, 3.8) is 0 Å². The van der Waals surface area contributed by atoms with Crippen molar-refractivity contribution >= 4 is 19.9 Å². The van der Waals surface area contributed by atoms with Gasteiger partial charge in [0.05, 0.1) is 15.9 Å². The Bertz CT molecular complexity index is 817. The van der Waals surface area contributed by atoms with E-state index in [1.807, 2.05) is 0 Å². The van der Waals surface area contributed by atoms with E-state index in [1.54, 1.807) is 0 Å². The Hall–Kier alpha value is -1.33. The van der Waals surface area contributed by atoms with Crippen LogP contribution < -0.4 is 4.74 Å². The minimum atomic E-state index is -4.86. The normalized spacial score (nSPS) is 27.3. The first-order valence-electron chi connectivity index (χ1n) is 6.58. The number of rotatable bonds is 3. The lowest BCUT2D eigenvalue weighted by atomic mass is 10.3. The molecule has 2 fully saturated rings. The lowest BCUT2D eigenvalue weighted by molar-refractivity contribution is -0.274. The summed E-state index contributed by atoms with van der Waals surface area (Å²) < 4.78 is 89.4. The molecule has 3 rings (SSSR count). The molecule has 0 amide bonds. The number of halogens is 3. The number of ether oxygens (including phenoxy) is 1. The molecule has 2 heterocycles. The number of benzene rings is 1. The highest BCUT2D eigenvalue weighted by Crippen LogP contribution is 2.37. The number of nitrogens with zero attached hydrogens (tertiary/aromatic N) is 1. The van der Waals surface area contributed by atoms with Gasteiger partial charge in [0.15, 0.2) is 9.84 Å². The molecule has 0 radical (unpaired) electrons. The second-order valence-electron chi connectivity index (χ2n) is 5.43. The fourth-order valence-electron chi connectivity index (χ4n) is 2.90. The molecule has 11 heteroatoms. The summed E-state index contributed by atoms with van der Waals surface area (Å²) in [5, 5.41) is -0.699. The quantitative estimate of drug-likeness (QED) is 0.796. The zero-order valence-electron chi connectivity index (χ0n) is 11.5. The lowest BCUT2D eigenvalue weighted by Crippen LogP contribution is -2.43. The molecule has 0 aliphatic carbocycles. The van der Waals surface area contributed by atoms with E-state index in [4.69, 9.17) is 0 Å². The Morgan fingerprint density at radius 1 is 1.17 bits per heavy atom. The van der Waals surface area contributed by atoms with E-state index in [9.17, 15) is 30.0 Å². The highest BCUT2D eigenvalue weighted by atomic mass is 32.2. The second-order valence-corrected chi connectivity index (χ2v) is 9.65. The maximum Gasteiger partial charge on any atom is 0.573 e. The van der Waals surface area contributed by atoms with Crippen molar-refractivity contribution in [3.8, 4) is 5.75 Å². The Morgan fingerprint density at radius 3 is 2.22 bits per heavy atom. The SMILES string of the molecule is O=S1(=O)CC2CC1CN2S(=O)(=O)c1ccc(OC(F)(F)F)cc1. The van der Waals surface area contributed by atoms with Gasteiger partial charge in [-0.25, -0.2) is 16.8 Å². The smallest absolute Gasteiger partial charge is 0.406 e. The Balaban J connectivity index is 1.82. The largest absolute Gasteiger partial charge is 0.573 e. The van der Waals surface area contributed by atoms with Crippen molar-refractivity contribution in [2.45, 2.75) is 29.0 Å². The number of fused-ring (bicyclic) bond motifs is 2. The van der Waals surface area contributed by atoms with Crippen LogP contribution in [0.2, 0.25) is 0 Å². The summed E-state index contributed by atoms with van der Waals surface area (Å²) in [5.41, 5.74) is 0. The highest BCUT2D eigenvalue weighted by Gasteiger charge is 2.52. The van der Waals surface area contributed by atoms with Crippen LogP contribution in [-0.2, 0) is 19.9 Å². The number of sulfone groups is 1. The summed E-state index contributed by atoms with van der Waals surface area (Å²) in [5.74, 6) is -0.742. The van der Waals surface area contributed by atoms with Crippen LogP contribution in [0.1, 0.15) is 6.42 Å². The molecule has 2 bridgehead atoms. The third-order valence-corrected chi connectivity index (χ3v) is 8.06. The van der Waals surface area contributed by atoms with Gasteiger partial charge in [-0.3, -0.25) is 0 Å². The molecule has 0 saturated carbocycles. The zero-order valence-corrected chi connectivity index (χ0v) is 13.2. The van der Waals surface area contributed by atoms with E-state index >= 15 is 0 Å². The van der Waals surface area contributed by atoms with Gasteiger partial charge in [-0.1, -0.05) is 0 Å². The predicted molar refractivity (Wildman–Crippen MR) is 73.0 cm³/mol. The molecule has 128 valence electrons.